The van der Waals surface area contributed by atoms with Crippen molar-refractivity contribution < 1.29 is 22.8 Å². The van der Waals surface area contributed by atoms with Gasteiger partial charge in [-0.15, -0.1) is 0 Å². The molecule has 1 heterocycles. The maximum Gasteiger partial charge on any atom is 0.233 e. The molecule has 1 aromatic rings. The summed E-state index contributed by atoms with van der Waals surface area (Å²) >= 11 is 0. The van der Waals surface area contributed by atoms with Crippen molar-refractivity contribution >= 4 is 39.6 Å². The number of carbonyl (C=O) groups excluding carboxylic acids is 3. The number of benzene rings is 1. The molecule has 1 aliphatic heterocycles. The van der Waals surface area contributed by atoms with E-state index in [0.29, 0.717) is 37.6 Å². The smallest absolute Gasteiger partial charge is 0.233 e. The van der Waals surface area contributed by atoms with Gasteiger partial charge in [-0.05, 0) is 18.2 Å². The summed E-state index contributed by atoms with van der Waals surface area (Å²) in [5.41, 5.74) is 0.783. The van der Waals surface area contributed by atoms with E-state index in [2.05, 4.69) is 10.0 Å². The first kappa shape index (κ1) is 19.7. The van der Waals surface area contributed by atoms with Gasteiger partial charge >= 0.3 is 0 Å². The number of nitrogens with one attached hydrogen (secondary N) is 2. The Balaban J connectivity index is 1.88. The Morgan fingerprint density at radius 3 is 2.42 bits per heavy atom. The van der Waals surface area contributed by atoms with Crippen LogP contribution < -0.4 is 10.0 Å². The lowest BCUT2D eigenvalue weighted by molar-refractivity contribution is -0.134. The van der Waals surface area contributed by atoms with Crippen molar-refractivity contribution in [2.45, 2.75) is 13.3 Å². The summed E-state index contributed by atoms with van der Waals surface area (Å²) in [5, 5.41) is 2.57. The summed E-state index contributed by atoms with van der Waals surface area (Å²) in [7, 11) is -3.71. The lowest BCUT2D eigenvalue weighted by atomic mass is 10.3. The van der Waals surface area contributed by atoms with Crippen LogP contribution in [0.5, 0.6) is 0 Å². The van der Waals surface area contributed by atoms with Crippen molar-refractivity contribution in [1.29, 1.82) is 0 Å². The number of sulfonamides is 1. The van der Waals surface area contributed by atoms with Gasteiger partial charge in [0.2, 0.25) is 28.2 Å². The molecule has 0 atom stereocenters. The number of amides is 3. The lowest BCUT2D eigenvalue weighted by Crippen LogP contribution is -2.48. The maximum atomic E-state index is 12.2. The molecule has 9 nitrogen and oxygen atoms in total. The molecule has 26 heavy (non-hydrogen) atoms. The molecule has 2 rings (SSSR count). The SMILES string of the molecule is CC(=O)Nc1cccc(NS(=O)(=O)CCC(=O)N2CCN(C=O)CC2)c1. The van der Waals surface area contributed by atoms with E-state index in [1.54, 1.807) is 28.0 Å². The van der Waals surface area contributed by atoms with Crippen LogP contribution in [-0.4, -0.2) is 68.4 Å². The summed E-state index contributed by atoms with van der Waals surface area (Å²) < 4.78 is 26.8. The van der Waals surface area contributed by atoms with Crippen molar-refractivity contribution in [2.75, 3.05) is 42.0 Å². The van der Waals surface area contributed by atoms with Gasteiger partial charge in [0.25, 0.3) is 0 Å². The highest BCUT2D eigenvalue weighted by Gasteiger charge is 2.22. The zero-order valence-corrected chi connectivity index (χ0v) is 15.3. The van der Waals surface area contributed by atoms with Gasteiger partial charge in [0.1, 0.15) is 0 Å². The Morgan fingerprint density at radius 2 is 1.81 bits per heavy atom. The third-order valence-electron chi connectivity index (χ3n) is 3.86. The molecule has 1 saturated heterocycles. The highest BCUT2D eigenvalue weighted by Crippen LogP contribution is 2.17. The third kappa shape index (κ3) is 6.03. The molecule has 0 aliphatic carbocycles. The summed E-state index contributed by atoms with van der Waals surface area (Å²) in [4.78, 5) is 37.0. The Kier molecular flexibility index (Phi) is 6.56. The maximum absolute atomic E-state index is 12.2. The minimum absolute atomic E-state index is 0.137. The van der Waals surface area contributed by atoms with Crippen LogP contribution in [0.2, 0.25) is 0 Å². The quantitative estimate of drug-likeness (QED) is 0.648. The van der Waals surface area contributed by atoms with Gasteiger partial charge in [-0.3, -0.25) is 19.1 Å². The van der Waals surface area contributed by atoms with Crippen LogP contribution in [0.1, 0.15) is 13.3 Å². The molecular formula is C16H22N4O5S. The predicted octanol–water partition coefficient (Wildman–Crippen LogP) is 0.0774. The lowest BCUT2D eigenvalue weighted by Gasteiger charge is -2.32. The van der Waals surface area contributed by atoms with E-state index < -0.39 is 10.0 Å². The van der Waals surface area contributed by atoms with Crippen LogP contribution >= 0.6 is 0 Å². The van der Waals surface area contributed by atoms with Crippen LogP contribution in [0, 0.1) is 0 Å². The monoisotopic (exact) mass is 382 g/mol. The number of anilines is 2. The van der Waals surface area contributed by atoms with E-state index in [1.165, 1.54) is 13.0 Å². The minimum atomic E-state index is -3.71. The molecule has 0 spiro atoms. The van der Waals surface area contributed by atoms with E-state index in [9.17, 15) is 22.8 Å². The normalized spacial score (nSPS) is 14.7. The second-order valence-electron chi connectivity index (χ2n) is 5.96. The summed E-state index contributed by atoms with van der Waals surface area (Å²) in [6, 6.07) is 6.31. The van der Waals surface area contributed by atoms with Crippen molar-refractivity contribution in [3.05, 3.63) is 24.3 Å². The molecule has 0 unspecified atom stereocenters. The molecule has 1 fully saturated rings. The Labute approximate surface area is 152 Å². The standard InChI is InChI=1S/C16H22N4O5S/c1-13(22)17-14-3-2-4-15(11-14)18-26(24,25)10-5-16(23)20-8-6-19(12-21)7-9-20/h2-4,11-12,18H,5-10H2,1H3,(H,17,22). The highest BCUT2D eigenvalue weighted by molar-refractivity contribution is 7.92. The van der Waals surface area contributed by atoms with Gasteiger partial charge in [-0.2, -0.15) is 0 Å². The third-order valence-corrected chi connectivity index (χ3v) is 5.15. The van der Waals surface area contributed by atoms with Gasteiger partial charge in [0.05, 0.1) is 11.4 Å². The number of hydrogen-bond acceptors (Lipinski definition) is 5. The fourth-order valence-corrected chi connectivity index (χ4v) is 3.58. The fraction of sp³-hybridized carbons (Fsp3) is 0.438. The molecule has 0 radical (unpaired) electrons. The number of carbonyl (C=O) groups is 3. The van der Waals surface area contributed by atoms with Gasteiger partial charge in [0, 0.05) is 45.2 Å². The van der Waals surface area contributed by atoms with Crippen LogP contribution in [0.3, 0.4) is 0 Å². The molecule has 3 amide bonds. The van der Waals surface area contributed by atoms with E-state index in [0.717, 1.165) is 6.41 Å². The second kappa shape index (κ2) is 8.65. The molecule has 10 heteroatoms. The van der Waals surface area contributed by atoms with E-state index in [-0.39, 0.29) is 24.0 Å². The molecular weight excluding hydrogens is 360 g/mol. The topological polar surface area (TPSA) is 116 Å². The Bertz CT molecular complexity index is 773. The first-order valence-electron chi connectivity index (χ1n) is 8.14. The molecule has 0 saturated carbocycles. The molecule has 1 aromatic carbocycles. The number of nitrogens with zero attached hydrogens (tertiary/aromatic N) is 2. The van der Waals surface area contributed by atoms with E-state index in [1.807, 2.05) is 0 Å². The van der Waals surface area contributed by atoms with E-state index >= 15 is 0 Å². The van der Waals surface area contributed by atoms with Gasteiger partial charge in [0.15, 0.2) is 0 Å². The number of piperazine rings is 1. The first-order chi connectivity index (χ1) is 12.3. The summed E-state index contributed by atoms with van der Waals surface area (Å²) in [5.74, 6) is -0.859. The van der Waals surface area contributed by atoms with Gasteiger partial charge in [-0.25, -0.2) is 8.42 Å². The largest absolute Gasteiger partial charge is 0.342 e. The zero-order valence-electron chi connectivity index (χ0n) is 14.5. The molecule has 2 N–H and O–H groups in total. The van der Waals surface area contributed by atoms with Crippen molar-refractivity contribution in [3.63, 3.8) is 0 Å². The van der Waals surface area contributed by atoms with Crippen molar-refractivity contribution in [1.82, 2.24) is 9.80 Å². The summed E-state index contributed by atoms with van der Waals surface area (Å²) in [6.45, 7) is 3.08. The first-order valence-corrected chi connectivity index (χ1v) is 9.79. The Morgan fingerprint density at radius 1 is 1.15 bits per heavy atom. The Hall–Kier alpha value is -2.62. The van der Waals surface area contributed by atoms with Crippen LogP contribution in [0.25, 0.3) is 0 Å². The average Bonchev–Trinajstić information content (AvgIpc) is 2.59. The number of rotatable bonds is 7. The molecule has 142 valence electrons. The van der Waals surface area contributed by atoms with Crippen molar-refractivity contribution in [2.24, 2.45) is 0 Å². The van der Waals surface area contributed by atoms with E-state index in [4.69, 9.17) is 0 Å². The average molecular weight is 382 g/mol. The molecule has 0 aromatic heterocycles. The van der Waals surface area contributed by atoms with Crippen molar-refractivity contribution in [3.8, 4) is 0 Å². The second-order valence-corrected chi connectivity index (χ2v) is 7.80. The van der Waals surface area contributed by atoms with Gasteiger partial charge < -0.3 is 15.1 Å². The zero-order chi connectivity index (χ0) is 19.2. The van der Waals surface area contributed by atoms with Crippen LogP contribution in [-0.2, 0) is 24.4 Å². The van der Waals surface area contributed by atoms with Gasteiger partial charge in [-0.1, -0.05) is 6.07 Å². The summed E-state index contributed by atoms with van der Waals surface area (Å²) in [6.07, 6.45) is 0.604. The highest BCUT2D eigenvalue weighted by atomic mass is 32.2. The predicted molar refractivity (Wildman–Crippen MR) is 97.0 cm³/mol. The minimum Gasteiger partial charge on any atom is -0.342 e. The fourth-order valence-electron chi connectivity index (χ4n) is 2.55. The number of hydrogen-bond donors (Lipinski definition) is 2. The molecule has 1 aliphatic rings. The van der Waals surface area contributed by atoms with Crippen LogP contribution in [0.15, 0.2) is 24.3 Å². The van der Waals surface area contributed by atoms with Crippen LogP contribution in [0.4, 0.5) is 11.4 Å². The molecule has 0 bridgehead atoms.